The molecule has 18 heavy (non-hydrogen) atoms. The van der Waals surface area contributed by atoms with Crippen LogP contribution in [0.3, 0.4) is 0 Å². The van der Waals surface area contributed by atoms with Gasteiger partial charge in [0.25, 0.3) is 0 Å². The largest absolute Gasteiger partial charge is 0.357 e. The minimum atomic E-state index is 0.951. The van der Waals surface area contributed by atoms with Crippen LogP contribution in [-0.4, -0.2) is 24.6 Å². The Morgan fingerprint density at radius 2 is 1.94 bits per heavy atom. The van der Waals surface area contributed by atoms with Gasteiger partial charge in [-0.3, -0.25) is 0 Å². The molecule has 0 aromatic carbocycles. The fraction of sp³-hybridized carbons (Fsp3) is 0.667. The van der Waals surface area contributed by atoms with Gasteiger partial charge in [-0.05, 0) is 49.9 Å². The van der Waals surface area contributed by atoms with Gasteiger partial charge in [-0.2, -0.15) is 0 Å². The number of hydrogen-bond donors (Lipinski definition) is 1. The highest BCUT2D eigenvalue weighted by atomic mass is 15.2. The maximum atomic E-state index is 4.78. The van der Waals surface area contributed by atoms with E-state index in [-0.39, 0.29) is 0 Å². The van der Waals surface area contributed by atoms with Gasteiger partial charge in [-0.25, -0.2) is 4.98 Å². The third-order valence-corrected chi connectivity index (χ3v) is 3.55. The number of pyridine rings is 1. The second kappa shape index (κ2) is 6.74. The van der Waals surface area contributed by atoms with E-state index in [9.17, 15) is 0 Å². The zero-order chi connectivity index (χ0) is 12.8. The van der Waals surface area contributed by atoms with E-state index in [0.717, 1.165) is 19.5 Å². The molecule has 1 saturated heterocycles. The van der Waals surface area contributed by atoms with Gasteiger partial charge in [0.05, 0.1) is 0 Å². The number of hydrogen-bond acceptors (Lipinski definition) is 3. The van der Waals surface area contributed by atoms with Crippen molar-refractivity contribution in [2.24, 2.45) is 0 Å². The third kappa shape index (κ3) is 3.45. The molecule has 2 heterocycles. The van der Waals surface area contributed by atoms with Gasteiger partial charge in [0.2, 0.25) is 0 Å². The van der Waals surface area contributed by atoms with Crippen LogP contribution in [0.1, 0.15) is 44.4 Å². The van der Waals surface area contributed by atoms with Gasteiger partial charge in [0.15, 0.2) is 0 Å². The van der Waals surface area contributed by atoms with Gasteiger partial charge < -0.3 is 10.2 Å². The van der Waals surface area contributed by atoms with Crippen molar-refractivity contribution in [3.05, 3.63) is 23.4 Å². The predicted molar refractivity (Wildman–Crippen MR) is 77.1 cm³/mol. The Morgan fingerprint density at radius 1 is 1.17 bits per heavy atom. The van der Waals surface area contributed by atoms with Gasteiger partial charge >= 0.3 is 0 Å². The first-order valence-electron chi connectivity index (χ1n) is 7.29. The van der Waals surface area contributed by atoms with E-state index in [1.807, 2.05) is 0 Å². The number of aryl methyl sites for hydroxylation is 1. The summed E-state index contributed by atoms with van der Waals surface area (Å²) in [4.78, 5) is 7.22. The van der Waals surface area contributed by atoms with Crippen LogP contribution in [0.5, 0.6) is 0 Å². The number of anilines is 1. The zero-order valence-electron chi connectivity index (χ0n) is 11.7. The van der Waals surface area contributed by atoms with E-state index in [0.29, 0.717) is 0 Å². The number of rotatable bonds is 5. The highest BCUT2D eigenvalue weighted by molar-refractivity contribution is 5.43. The van der Waals surface area contributed by atoms with Crippen LogP contribution in [0.2, 0.25) is 0 Å². The third-order valence-electron chi connectivity index (χ3n) is 3.55. The fourth-order valence-corrected chi connectivity index (χ4v) is 2.47. The highest BCUT2D eigenvalue weighted by Crippen LogP contribution is 2.20. The standard InChI is InChI=1S/C15H25N3/c1-3-14-10-13(12-16-4-2)11-15(17-14)18-8-6-5-7-9-18/h10-11,16H,3-9,12H2,1-2H3. The Bertz CT molecular complexity index is 370. The van der Waals surface area contributed by atoms with Crippen LogP contribution in [0.25, 0.3) is 0 Å². The Morgan fingerprint density at radius 3 is 2.61 bits per heavy atom. The monoisotopic (exact) mass is 247 g/mol. The lowest BCUT2D eigenvalue weighted by Gasteiger charge is -2.28. The minimum Gasteiger partial charge on any atom is -0.357 e. The Hall–Kier alpha value is -1.09. The lowest BCUT2D eigenvalue weighted by molar-refractivity contribution is 0.572. The van der Waals surface area contributed by atoms with Crippen LogP contribution in [-0.2, 0) is 13.0 Å². The van der Waals surface area contributed by atoms with Gasteiger partial charge in [0, 0.05) is 25.3 Å². The molecule has 1 N–H and O–H groups in total. The molecule has 100 valence electrons. The molecule has 0 saturated carbocycles. The van der Waals surface area contributed by atoms with Crippen molar-refractivity contribution >= 4 is 5.82 Å². The molecule has 0 spiro atoms. The number of aromatic nitrogens is 1. The van der Waals surface area contributed by atoms with E-state index in [1.165, 1.54) is 49.4 Å². The summed E-state index contributed by atoms with van der Waals surface area (Å²) < 4.78 is 0. The number of nitrogens with one attached hydrogen (secondary N) is 1. The van der Waals surface area contributed by atoms with Gasteiger partial charge in [0.1, 0.15) is 5.82 Å². The molecule has 1 aliphatic rings. The molecule has 0 atom stereocenters. The summed E-state index contributed by atoms with van der Waals surface area (Å²) in [6.45, 7) is 8.63. The van der Waals surface area contributed by atoms with E-state index >= 15 is 0 Å². The summed E-state index contributed by atoms with van der Waals surface area (Å²) in [5.74, 6) is 1.18. The first-order valence-corrected chi connectivity index (χ1v) is 7.29. The van der Waals surface area contributed by atoms with Gasteiger partial charge in [-0.1, -0.05) is 13.8 Å². The molecule has 0 radical (unpaired) electrons. The van der Waals surface area contributed by atoms with E-state index in [4.69, 9.17) is 4.98 Å². The molecular weight excluding hydrogens is 222 g/mol. The lowest BCUT2D eigenvalue weighted by atomic mass is 10.1. The van der Waals surface area contributed by atoms with Crippen LogP contribution < -0.4 is 10.2 Å². The van der Waals surface area contributed by atoms with Crippen molar-refractivity contribution in [2.45, 2.75) is 46.1 Å². The molecule has 1 aromatic rings. The second-order valence-corrected chi connectivity index (χ2v) is 5.01. The summed E-state index contributed by atoms with van der Waals surface area (Å²) in [7, 11) is 0. The molecule has 0 bridgehead atoms. The van der Waals surface area contributed by atoms with Crippen LogP contribution >= 0.6 is 0 Å². The molecule has 0 aliphatic carbocycles. The summed E-state index contributed by atoms with van der Waals surface area (Å²) in [6, 6.07) is 4.49. The maximum absolute atomic E-state index is 4.78. The average molecular weight is 247 g/mol. The number of nitrogens with zero attached hydrogens (tertiary/aromatic N) is 2. The van der Waals surface area contributed by atoms with E-state index in [1.54, 1.807) is 0 Å². The molecule has 1 fully saturated rings. The van der Waals surface area contributed by atoms with Crippen molar-refractivity contribution in [1.29, 1.82) is 0 Å². The fourth-order valence-electron chi connectivity index (χ4n) is 2.47. The molecule has 2 rings (SSSR count). The number of piperidine rings is 1. The van der Waals surface area contributed by atoms with E-state index < -0.39 is 0 Å². The summed E-state index contributed by atoms with van der Waals surface area (Å²) in [5.41, 5.74) is 2.58. The minimum absolute atomic E-state index is 0.951. The van der Waals surface area contributed by atoms with Crippen LogP contribution in [0.15, 0.2) is 12.1 Å². The molecule has 1 aliphatic heterocycles. The summed E-state index contributed by atoms with van der Waals surface area (Å²) in [6.07, 6.45) is 5.00. The van der Waals surface area contributed by atoms with Crippen molar-refractivity contribution < 1.29 is 0 Å². The molecule has 0 amide bonds. The molecule has 3 heteroatoms. The van der Waals surface area contributed by atoms with Crippen molar-refractivity contribution in [3.8, 4) is 0 Å². The van der Waals surface area contributed by atoms with Crippen molar-refractivity contribution in [3.63, 3.8) is 0 Å². The normalized spacial score (nSPS) is 16.0. The molecule has 1 aromatic heterocycles. The quantitative estimate of drug-likeness (QED) is 0.867. The first kappa shape index (κ1) is 13.3. The first-order chi connectivity index (χ1) is 8.83. The van der Waals surface area contributed by atoms with Crippen molar-refractivity contribution in [2.75, 3.05) is 24.5 Å². The van der Waals surface area contributed by atoms with Crippen molar-refractivity contribution in [1.82, 2.24) is 10.3 Å². The molecular formula is C15H25N3. The lowest BCUT2D eigenvalue weighted by Crippen LogP contribution is -2.30. The maximum Gasteiger partial charge on any atom is 0.129 e. The second-order valence-electron chi connectivity index (χ2n) is 5.01. The SMILES string of the molecule is CCNCc1cc(CC)nc(N2CCCCC2)c1. The topological polar surface area (TPSA) is 28.2 Å². The van der Waals surface area contributed by atoms with Gasteiger partial charge in [-0.15, -0.1) is 0 Å². The van der Waals surface area contributed by atoms with Crippen LogP contribution in [0, 0.1) is 0 Å². The summed E-state index contributed by atoms with van der Waals surface area (Å²) >= 11 is 0. The highest BCUT2D eigenvalue weighted by Gasteiger charge is 2.13. The zero-order valence-corrected chi connectivity index (χ0v) is 11.7. The Kier molecular flexibility index (Phi) is 5.00. The van der Waals surface area contributed by atoms with E-state index in [2.05, 4.69) is 36.2 Å². The molecule has 0 unspecified atom stereocenters. The Labute approximate surface area is 111 Å². The molecule has 3 nitrogen and oxygen atoms in total. The smallest absolute Gasteiger partial charge is 0.129 e. The average Bonchev–Trinajstić information content (AvgIpc) is 2.45. The van der Waals surface area contributed by atoms with Crippen LogP contribution in [0.4, 0.5) is 5.82 Å². The summed E-state index contributed by atoms with van der Waals surface area (Å²) in [5, 5.41) is 3.40. The Balaban J connectivity index is 2.16. The predicted octanol–water partition coefficient (Wildman–Crippen LogP) is 2.74.